The molecule has 8 heteroatoms. The molecule has 4 nitrogen and oxygen atoms in total. The van der Waals surface area contributed by atoms with Crippen LogP contribution in [0.3, 0.4) is 0 Å². The topological polar surface area (TPSA) is 59.3 Å². The van der Waals surface area contributed by atoms with Crippen molar-refractivity contribution >= 4 is 17.6 Å². The molecule has 0 spiro atoms. The van der Waals surface area contributed by atoms with Gasteiger partial charge in [0.05, 0.1) is 22.8 Å². The molecule has 0 amide bonds. The van der Waals surface area contributed by atoms with E-state index in [1.54, 1.807) is 6.07 Å². The van der Waals surface area contributed by atoms with Gasteiger partial charge in [0.2, 0.25) is 0 Å². The number of nitriles is 1. The molecule has 19 heavy (non-hydrogen) atoms. The molecule has 1 rings (SSSR count). The van der Waals surface area contributed by atoms with Gasteiger partial charge in [-0.25, -0.2) is 4.79 Å². The summed E-state index contributed by atoms with van der Waals surface area (Å²) in [7, 11) is 0. The van der Waals surface area contributed by atoms with E-state index in [1.165, 1.54) is 6.92 Å². The molecule has 102 valence electrons. The van der Waals surface area contributed by atoms with Gasteiger partial charge in [-0.3, -0.25) is 0 Å². The van der Waals surface area contributed by atoms with Crippen LogP contribution in [-0.2, 0) is 4.74 Å². The van der Waals surface area contributed by atoms with Gasteiger partial charge in [-0.05, 0) is 19.1 Å². The van der Waals surface area contributed by atoms with Crippen LogP contribution in [0.1, 0.15) is 22.8 Å². The molecule has 0 N–H and O–H groups in total. The van der Waals surface area contributed by atoms with Gasteiger partial charge in [0.1, 0.15) is 11.8 Å². The molecule has 0 atom stereocenters. The molecule has 0 bridgehead atoms. The summed E-state index contributed by atoms with van der Waals surface area (Å²) in [4.78, 5) is 11.6. The van der Waals surface area contributed by atoms with E-state index in [2.05, 4.69) is 9.47 Å². The quantitative estimate of drug-likeness (QED) is 0.802. The fraction of sp³-hybridized carbons (Fsp3) is 0.273. The van der Waals surface area contributed by atoms with Gasteiger partial charge in [-0.15, -0.1) is 13.2 Å². The number of carbonyl (C=O) groups is 1. The third-order valence-corrected chi connectivity index (χ3v) is 2.31. The summed E-state index contributed by atoms with van der Waals surface area (Å²) in [5, 5.41) is 8.19. The zero-order chi connectivity index (χ0) is 14.6. The maximum atomic E-state index is 12.1. The smallest absolute Gasteiger partial charge is 0.462 e. The molecule has 0 fully saturated rings. The minimum absolute atomic E-state index is 0.00954. The minimum Gasteiger partial charge on any atom is -0.462 e. The Morgan fingerprint density at radius 2 is 2.11 bits per heavy atom. The standard InChI is InChI=1S/C11H7ClF3NO3/c1-2-18-10(17)8-6(5-16)3-4-7(9(8)12)19-11(13,14)15/h3-4H,2H2,1H3. The van der Waals surface area contributed by atoms with Gasteiger partial charge in [-0.1, -0.05) is 11.6 Å². The van der Waals surface area contributed by atoms with Crippen molar-refractivity contribution in [2.24, 2.45) is 0 Å². The van der Waals surface area contributed by atoms with Gasteiger partial charge < -0.3 is 9.47 Å². The van der Waals surface area contributed by atoms with E-state index in [4.69, 9.17) is 16.9 Å². The van der Waals surface area contributed by atoms with Crippen molar-refractivity contribution in [1.82, 2.24) is 0 Å². The van der Waals surface area contributed by atoms with E-state index in [0.29, 0.717) is 0 Å². The van der Waals surface area contributed by atoms with Gasteiger partial charge in [0.15, 0.2) is 0 Å². The van der Waals surface area contributed by atoms with E-state index < -0.39 is 28.7 Å². The summed E-state index contributed by atoms with van der Waals surface area (Å²) >= 11 is 5.65. The third-order valence-electron chi connectivity index (χ3n) is 1.93. The van der Waals surface area contributed by atoms with Crippen molar-refractivity contribution in [3.05, 3.63) is 28.3 Å². The second kappa shape index (κ2) is 5.80. The monoisotopic (exact) mass is 293 g/mol. The lowest BCUT2D eigenvalue weighted by Crippen LogP contribution is -2.18. The van der Waals surface area contributed by atoms with Gasteiger partial charge in [0, 0.05) is 0 Å². The molecular weight excluding hydrogens is 287 g/mol. The summed E-state index contributed by atoms with van der Waals surface area (Å²) in [6, 6.07) is 3.50. The lowest BCUT2D eigenvalue weighted by molar-refractivity contribution is -0.274. The van der Waals surface area contributed by atoms with Crippen LogP contribution in [0.25, 0.3) is 0 Å². The van der Waals surface area contributed by atoms with Crippen molar-refractivity contribution in [1.29, 1.82) is 5.26 Å². The number of halogens is 4. The van der Waals surface area contributed by atoms with Crippen LogP contribution in [0.5, 0.6) is 5.75 Å². The van der Waals surface area contributed by atoms with E-state index >= 15 is 0 Å². The first-order chi connectivity index (χ1) is 8.80. The fourth-order valence-electron chi connectivity index (χ4n) is 1.26. The number of alkyl halides is 3. The molecule has 0 aliphatic heterocycles. The number of hydrogen-bond donors (Lipinski definition) is 0. The maximum Gasteiger partial charge on any atom is 0.573 e. The third kappa shape index (κ3) is 3.76. The molecule has 1 aromatic carbocycles. The predicted molar refractivity (Wildman–Crippen MR) is 58.8 cm³/mol. The number of nitrogens with zero attached hydrogens (tertiary/aromatic N) is 1. The average molecular weight is 294 g/mol. The highest BCUT2D eigenvalue weighted by atomic mass is 35.5. The van der Waals surface area contributed by atoms with E-state index in [0.717, 1.165) is 12.1 Å². The lowest BCUT2D eigenvalue weighted by atomic mass is 10.1. The zero-order valence-corrected chi connectivity index (χ0v) is 10.3. The summed E-state index contributed by atoms with van der Waals surface area (Å²) in [5.74, 6) is -1.76. The normalized spacial score (nSPS) is 10.7. The second-order valence-electron chi connectivity index (χ2n) is 3.18. The molecule has 0 unspecified atom stereocenters. The van der Waals surface area contributed by atoms with E-state index in [9.17, 15) is 18.0 Å². The van der Waals surface area contributed by atoms with E-state index in [-0.39, 0.29) is 12.2 Å². The van der Waals surface area contributed by atoms with Gasteiger partial charge in [0.25, 0.3) is 0 Å². The van der Waals surface area contributed by atoms with Crippen molar-refractivity contribution in [3.63, 3.8) is 0 Å². The number of carbonyl (C=O) groups excluding carboxylic acids is 1. The molecule has 0 heterocycles. The van der Waals surface area contributed by atoms with E-state index in [1.807, 2.05) is 0 Å². The molecule has 1 aromatic rings. The van der Waals surface area contributed by atoms with Crippen molar-refractivity contribution < 1.29 is 27.4 Å². The number of esters is 1. The van der Waals surface area contributed by atoms with Crippen molar-refractivity contribution in [3.8, 4) is 11.8 Å². The Morgan fingerprint density at radius 3 is 2.58 bits per heavy atom. The molecule has 0 aromatic heterocycles. The Kier molecular flexibility index (Phi) is 4.62. The summed E-state index contributed by atoms with van der Waals surface area (Å²) in [6.07, 6.45) is -4.95. The molecule has 0 radical (unpaired) electrons. The second-order valence-corrected chi connectivity index (χ2v) is 3.56. The van der Waals surface area contributed by atoms with Crippen LogP contribution in [0.2, 0.25) is 5.02 Å². The Balaban J connectivity index is 3.31. The highest BCUT2D eigenvalue weighted by molar-refractivity contribution is 6.35. The maximum absolute atomic E-state index is 12.1. The van der Waals surface area contributed by atoms with Crippen LogP contribution in [-0.4, -0.2) is 18.9 Å². The average Bonchev–Trinajstić information content (AvgIpc) is 2.30. The molecule has 0 saturated carbocycles. The lowest BCUT2D eigenvalue weighted by Gasteiger charge is -2.13. The largest absolute Gasteiger partial charge is 0.573 e. The molecular formula is C11H7ClF3NO3. The molecule has 0 aliphatic carbocycles. The minimum atomic E-state index is -4.95. The number of ether oxygens (including phenoxy) is 2. The Hall–Kier alpha value is -1.94. The number of hydrogen-bond acceptors (Lipinski definition) is 4. The Morgan fingerprint density at radius 1 is 1.47 bits per heavy atom. The predicted octanol–water partition coefficient (Wildman–Crippen LogP) is 3.29. The first-order valence-electron chi connectivity index (χ1n) is 4.95. The number of benzene rings is 1. The van der Waals surface area contributed by atoms with Crippen molar-refractivity contribution in [2.45, 2.75) is 13.3 Å². The van der Waals surface area contributed by atoms with Crippen molar-refractivity contribution in [2.75, 3.05) is 6.61 Å². The van der Waals surface area contributed by atoms with Gasteiger partial charge in [-0.2, -0.15) is 5.26 Å². The molecule has 0 aliphatic rings. The Bertz CT molecular complexity index is 537. The summed E-state index contributed by atoms with van der Waals surface area (Å²) < 4.78 is 44.6. The Labute approximate surface area is 111 Å². The van der Waals surface area contributed by atoms with Gasteiger partial charge >= 0.3 is 12.3 Å². The highest BCUT2D eigenvalue weighted by Crippen LogP contribution is 2.34. The van der Waals surface area contributed by atoms with Crippen LogP contribution in [0.4, 0.5) is 13.2 Å². The van der Waals surface area contributed by atoms with Crippen LogP contribution in [0.15, 0.2) is 12.1 Å². The SMILES string of the molecule is CCOC(=O)c1c(C#N)ccc(OC(F)(F)F)c1Cl. The van der Waals surface area contributed by atoms with Crippen LogP contribution in [0, 0.1) is 11.3 Å². The summed E-state index contributed by atoms with van der Waals surface area (Å²) in [5.41, 5.74) is -0.647. The van der Waals surface area contributed by atoms with Crippen LogP contribution < -0.4 is 4.74 Å². The molecule has 0 saturated heterocycles. The first-order valence-corrected chi connectivity index (χ1v) is 5.33. The fourth-order valence-corrected chi connectivity index (χ4v) is 1.54. The summed E-state index contributed by atoms with van der Waals surface area (Å²) in [6.45, 7) is 1.50. The first kappa shape index (κ1) is 15.1. The highest BCUT2D eigenvalue weighted by Gasteiger charge is 2.33. The zero-order valence-electron chi connectivity index (χ0n) is 9.55. The number of rotatable bonds is 3. The van der Waals surface area contributed by atoms with Crippen LogP contribution >= 0.6 is 11.6 Å².